The van der Waals surface area contributed by atoms with Crippen molar-refractivity contribution in [1.82, 2.24) is 15.3 Å². The summed E-state index contributed by atoms with van der Waals surface area (Å²) in [5, 5.41) is 2.34. The van der Waals surface area contributed by atoms with Gasteiger partial charge in [0.05, 0.1) is 0 Å². The van der Waals surface area contributed by atoms with Gasteiger partial charge in [-0.15, -0.1) is 0 Å². The second-order valence-corrected chi connectivity index (χ2v) is 5.94. The minimum atomic E-state index is 0.385. The van der Waals surface area contributed by atoms with Crippen molar-refractivity contribution in [3.8, 4) is 0 Å². The molecule has 1 atom stereocenters. The minimum absolute atomic E-state index is 0.385. The molecule has 3 nitrogen and oxygen atoms in total. The maximum atomic E-state index is 3.58. The summed E-state index contributed by atoms with van der Waals surface area (Å²) in [4.78, 5) is 2.37. The van der Waals surface area contributed by atoms with Crippen molar-refractivity contribution >= 4 is 22.6 Å². The van der Waals surface area contributed by atoms with Gasteiger partial charge in [-0.05, 0) is 54.3 Å². The summed E-state index contributed by atoms with van der Waals surface area (Å²) in [5.41, 5.74) is 4.93. The lowest BCUT2D eigenvalue weighted by Gasteiger charge is -2.34. The molecule has 0 radical (unpaired) electrons. The second-order valence-electron chi connectivity index (χ2n) is 4.69. The average Bonchev–Trinajstić information content (AvgIpc) is 2.33. The normalized spacial score (nSPS) is 20.4. The summed E-state index contributed by atoms with van der Waals surface area (Å²) in [6.07, 6.45) is 0. The number of nitrogens with one attached hydrogen (secondary N) is 1. The second kappa shape index (κ2) is 6.13. The number of piperazine rings is 1. The van der Waals surface area contributed by atoms with Crippen LogP contribution in [0.2, 0.25) is 0 Å². The highest BCUT2D eigenvalue weighted by Crippen LogP contribution is 2.15. The van der Waals surface area contributed by atoms with Crippen LogP contribution in [0.3, 0.4) is 0 Å². The lowest BCUT2D eigenvalue weighted by Crippen LogP contribution is -2.51. The molecule has 1 aromatic rings. The van der Waals surface area contributed by atoms with Crippen LogP contribution in [0.1, 0.15) is 18.5 Å². The zero-order chi connectivity index (χ0) is 12.3. The van der Waals surface area contributed by atoms with Gasteiger partial charge in [0.15, 0.2) is 0 Å². The van der Waals surface area contributed by atoms with E-state index in [4.69, 9.17) is 0 Å². The summed E-state index contributed by atoms with van der Waals surface area (Å²) >= 11 is 2.34. The average molecular weight is 345 g/mol. The zero-order valence-electron chi connectivity index (χ0n) is 10.5. The maximum absolute atomic E-state index is 3.58. The van der Waals surface area contributed by atoms with Gasteiger partial charge >= 0.3 is 0 Å². The highest BCUT2D eigenvalue weighted by Gasteiger charge is 2.15. The van der Waals surface area contributed by atoms with Gasteiger partial charge in [0.2, 0.25) is 0 Å². The molecular weight excluding hydrogens is 325 g/mol. The van der Waals surface area contributed by atoms with Crippen molar-refractivity contribution in [3.05, 3.63) is 33.4 Å². The Morgan fingerprint density at radius 3 is 2.29 bits per heavy atom. The Hall–Kier alpha value is -0.170. The summed E-state index contributed by atoms with van der Waals surface area (Å²) in [5.74, 6) is 0. The third kappa shape index (κ3) is 3.91. The van der Waals surface area contributed by atoms with E-state index < -0.39 is 0 Å². The van der Waals surface area contributed by atoms with Crippen LogP contribution < -0.4 is 5.43 Å². The summed E-state index contributed by atoms with van der Waals surface area (Å²) in [6.45, 7) is 6.72. The predicted octanol–water partition coefficient (Wildman–Crippen LogP) is 2.10. The Balaban J connectivity index is 1.88. The molecule has 0 aromatic heterocycles. The van der Waals surface area contributed by atoms with Crippen LogP contribution >= 0.6 is 22.6 Å². The van der Waals surface area contributed by atoms with Crippen molar-refractivity contribution in [2.24, 2.45) is 0 Å². The number of hydrogen-bond acceptors (Lipinski definition) is 3. The Labute approximate surface area is 117 Å². The number of nitrogens with zero attached hydrogens (tertiary/aromatic N) is 2. The minimum Gasteiger partial charge on any atom is -0.304 e. The number of likely N-dealkylation sites (N-methyl/N-ethyl adjacent to an activating group) is 1. The largest absolute Gasteiger partial charge is 0.304 e. The van der Waals surface area contributed by atoms with Gasteiger partial charge in [0.25, 0.3) is 0 Å². The smallest absolute Gasteiger partial charge is 0.0436 e. The first-order valence-corrected chi connectivity index (χ1v) is 7.18. The third-order valence-electron chi connectivity index (χ3n) is 3.25. The standard InChI is InChI=1S/C13H20IN3/c1-11(12-3-5-13(14)6-4-12)15-17-9-7-16(2)8-10-17/h3-6,11,15H,7-10H2,1-2H3. The molecule has 0 aliphatic carbocycles. The molecule has 0 amide bonds. The van der Waals surface area contributed by atoms with Gasteiger partial charge in [0, 0.05) is 35.8 Å². The topological polar surface area (TPSA) is 18.5 Å². The van der Waals surface area contributed by atoms with E-state index in [2.05, 4.69) is 76.2 Å². The zero-order valence-corrected chi connectivity index (χ0v) is 12.6. The maximum Gasteiger partial charge on any atom is 0.0436 e. The quantitative estimate of drug-likeness (QED) is 0.847. The van der Waals surface area contributed by atoms with E-state index >= 15 is 0 Å². The molecule has 94 valence electrons. The molecule has 1 aromatic carbocycles. The Morgan fingerprint density at radius 1 is 1.12 bits per heavy atom. The first kappa shape index (κ1) is 13.3. The molecular formula is C13H20IN3. The van der Waals surface area contributed by atoms with Gasteiger partial charge in [-0.25, -0.2) is 10.4 Å². The summed E-state index contributed by atoms with van der Waals surface area (Å²) in [7, 11) is 2.18. The molecule has 0 spiro atoms. The fraction of sp³-hybridized carbons (Fsp3) is 0.538. The summed E-state index contributed by atoms with van der Waals surface area (Å²) < 4.78 is 1.29. The van der Waals surface area contributed by atoms with Crippen molar-refractivity contribution in [1.29, 1.82) is 0 Å². The van der Waals surface area contributed by atoms with Crippen LogP contribution in [-0.4, -0.2) is 43.1 Å². The fourth-order valence-corrected chi connectivity index (χ4v) is 2.39. The highest BCUT2D eigenvalue weighted by molar-refractivity contribution is 14.1. The van der Waals surface area contributed by atoms with Crippen molar-refractivity contribution in [3.63, 3.8) is 0 Å². The number of benzene rings is 1. The Bertz CT molecular complexity index is 344. The molecule has 0 bridgehead atoms. The van der Waals surface area contributed by atoms with Gasteiger partial charge in [-0.3, -0.25) is 0 Å². The van der Waals surface area contributed by atoms with Gasteiger partial charge in [0.1, 0.15) is 0 Å². The first-order valence-electron chi connectivity index (χ1n) is 6.10. The van der Waals surface area contributed by atoms with Crippen LogP contribution in [0.15, 0.2) is 24.3 Å². The third-order valence-corrected chi connectivity index (χ3v) is 3.97. The predicted molar refractivity (Wildman–Crippen MR) is 79.8 cm³/mol. The van der Waals surface area contributed by atoms with Crippen molar-refractivity contribution in [2.75, 3.05) is 33.2 Å². The van der Waals surface area contributed by atoms with Crippen LogP contribution in [0.25, 0.3) is 0 Å². The van der Waals surface area contributed by atoms with E-state index in [1.165, 1.54) is 9.13 Å². The monoisotopic (exact) mass is 345 g/mol. The fourth-order valence-electron chi connectivity index (χ4n) is 2.04. The van der Waals surface area contributed by atoms with E-state index in [1.807, 2.05) is 0 Å². The van der Waals surface area contributed by atoms with Gasteiger partial charge in [-0.1, -0.05) is 12.1 Å². The van der Waals surface area contributed by atoms with Crippen LogP contribution in [0, 0.1) is 3.57 Å². The molecule has 4 heteroatoms. The molecule has 1 fully saturated rings. The molecule has 1 aliphatic rings. The SMILES string of the molecule is CC(NN1CCN(C)CC1)c1ccc(I)cc1. The lowest BCUT2D eigenvalue weighted by atomic mass is 10.1. The van der Waals surface area contributed by atoms with Gasteiger partial charge < -0.3 is 4.90 Å². The van der Waals surface area contributed by atoms with Crippen LogP contribution in [0.5, 0.6) is 0 Å². The van der Waals surface area contributed by atoms with E-state index in [-0.39, 0.29) is 0 Å². The number of hydrogen-bond donors (Lipinski definition) is 1. The Kier molecular flexibility index (Phi) is 4.78. The molecule has 1 heterocycles. The number of hydrazine groups is 1. The molecule has 0 saturated carbocycles. The number of halogens is 1. The van der Waals surface area contributed by atoms with Crippen molar-refractivity contribution in [2.45, 2.75) is 13.0 Å². The van der Waals surface area contributed by atoms with E-state index in [0.717, 1.165) is 26.2 Å². The molecule has 1 unspecified atom stereocenters. The van der Waals surface area contributed by atoms with Gasteiger partial charge in [-0.2, -0.15) is 0 Å². The summed E-state index contributed by atoms with van der Waals surface area (Å²) in [6, 6.07) is 9.12. The number of rotatable bonds is 3. The molecule has 17 heavy (non-hydrogen) atoms. The molecule has 1 N–H and O–H groups in total. The first-order chi connectivity index (χ1) is 8.15. The molecule has 1 saturated heterocycles. The van der Waals surface area contributed by atoms with Crippen LogP contribution in [-0.2, 0) is 0 Å². The van der Waals surface area contributed by atoms with Crippen LogP contribution in [0.4, 0.5) is 0 Å². The molecule has 2 rings (SSSR count). The van der Waals surface area contributed by atoms with E-state index in [9.17, 15) is 0 Å². The molecule has 1 aliphatic heterocycles. The van der Waals surface area contributed by atoms with E-state index in [0.29, 0.717) is 6.04 Å². The van der Waals surface area contributed by atoms with E-state index in [1.54, 1.807) is 0 Å². The highest BCUT2D eigenvalue weighted by atomic mass is 127. The van der Waals surface area contributed by atoms with Crippen molar-refractivity contribution < 1.29 is 0 Å². The Morgan fingerprint density at radius 2 is 1.71 bits per heavy atom. The lowest BCUT2D eigenvalue weighted by molar-refractivity contribution is 0.0899.